The second-order valence-corrected chi connectivity index (χ2v) is 5.54. The number of esters is 1. The summed E-state index contributed by atoms with van der Waals surface area (Å²) in [4.78, 5) is 11.7. The maximum Gasteiger partial charge on any atom is 0.360 e. The third-order valence-electron chi connectivity index (χ3n) is 2.68. The largest absolute Gasteiger partial charge is 0.461 e. The van der Waals surface area contributed by atoms with Crippen LogP contribution in [0.1, 0.15) is 28.7 Å². The Hall–Kier alpha value is -1.15. The van der Waals surface area contributed by atoms with E-state index >= 15 is 0 Å². The predicted octanol–water partition coefficient (Wildman–Crippen LogP) is 2.85. The van der Waals surface area contributed by atoms with E-state index in [-0.39, 0.29) is 11.6 Å². The van der Waals surface area contributed by atoms with Gasteiger partial charge in [-0.15, -0.1) is 16.7 Å². The molecule has 0 atom stereocenters. The van der Waals surface area contributed by atoms with Gasteiger partial charge in [-0.2, -0.15) is 0 Å². The average molecular weight is 406 g/mol. The summed E-state index contributed by atoms with van der Waals surface area (Å²) >= 11 is 8.15. The van der Waals surface area contributed by atoms with Crippen molar-refractivity contribution in [1.29, 1.82) is 0 Å². The number of rotatable bonds is 5. The van der Waals surface area contributed by atoms with Crippen molar-refractivity contribution in [3.8, 4) is 0 Å². The third kappa shape index (κ3) is 3.49. The fraction of sp³-hybridized carbons (Fsp3) is 0.308. The van der Waals surface area contributed by atoms with E-state index in [0.717, 1.165) is 9.13 Å². The van der Waals surface area contributed by atoms with E-state index in [2.05, 4.69) is 32.9 Å². The van der Waals surface area contributed by atoms with Crippen LogP contribution in [0.4, 0.5) is 0 Å². The maximum absolute atomic E-state index is 11.7. The van der Waals surface area contributed by atoms with Gasteiger partial charge in [0.05, 0.1) is 24.7 Å². The van der Waals surface area contributed by atoms with E-state index in [1.165, 1.54) is 0 Å². The van der Waals surface area contributed by atoms with Crippen LogP contribution in [0.3, 0.4) is 0 Å². The first-order valence-corrected chi connectivity index (χ1v) is 7.67. The lowest BCUT2D eigenvalue weighted by molar-refractivity contribution is 0.0518. The van der Waals surface area contributed by atoms with E-state index < -0.39 is 5.97 Å². The summed E-state index contributed by atoms with van der Waals surface area (Å²) in [7, 11) is 0. The smallest absolute Gasteiger partial charge is 0.360 e. The van der Waals surface area contributed by atoms with Gasteiger partial charge in [-0.1, -0.05) is 17.3 Å². The van der Waals surface area contributed by atoms with Gasteiger partial charge in [0.1, 0.15) is 0 Å². The highest BCUT2D eigenvalue weighted by Gasteiger charge is 2.20. The Morgan fingerprint density at radius 3 is 2.70 bits per heavy atom. The van der Waals surface area contributed by atoms with Crippen molar-refractivity contribution in [2.45, 2.75) is 19.3 Å². The molecule has 20 heavy (non-hydrogen) atoms. The van der Waals surface area contributed by atoms with Crippen LogP contribution in [0, 0.1) is 3.57 Å². The van der Waals surface area contributed by atoms with Gasteiger partial charge in [-0.3, -0.25) is 0 Å². The molecule has 7 heteroatoms. The molecule has 0 amide bonds. The lowest BCUT2D eigenvalue weighted by Gasteiger charge is -2.05. The highest BCUT2D eigenvalue weighted by Crippen LogP contribution is 2.14. The highest BCUT2D eigenvalue weighted by atomic mass is 127. The van der Waals surface area contributed by atoms with Gasteiger partial charge in [-0.05, 0) is 47.2 Å². The van der Waals surface area contributed by atoms with E-state index in [1.807, 2.05) is 24.3 Å². The highest BCUT2D eigenvalue weighted by molar-refractivity contribution is 14.1. The first-order chi connectivity index (χ1) is 9.65. The molecule has 1 aromatic heterocycles. The Labute approximate surface area is 135 Å². The summed E-state index contributed by atoms with van der Waals surface area (Å²) in [6.45, 7) is 2.56. The van der Waals surface area contributed by atoms with Gasteiger partial charge in [0.15, 0.2) is 5.69 Å². The minimum atomic E-state index is -0.489. The zero-order chi connectivity index (χ0) is 14.5. The molecule has 1 heterocycles. The predicted molar refractivity (Wildman–Crippen MR) is 83.8 cm³/mol. The molecule has 0 aliphatic heterocycles. The van der Waals surface area contributed by atoms with Crippen molar-refractivity contribution in [3.63, 3.8) is 0 Å². The summed E-state index contributed by atoms with van der Waals surface area (Å²) in [5.41, 5.74) is 1.83. The fourth-order valence-corrected chi connectivity index (χ4v) is 2.34. The molecule has 0 bridgehead atoms. The van der Waals surface area contributed by atoms with Gasteiger partial charge in [-0.25, -0.2) is 9.48 Å². The summed E-state index contributed by atoms with van der Waals surface area (Å²) in [5.74, 6) is -0.331. The van der Waals surface area contributed by atoms with Gasteiger partial charge < -0.3 is 4.74 Å². The van der Waals surface area contributed by atoms with Crippen LogP contribution in [0.15, 0.2) is 24.3 Å². The number of hydrogen-bond donors (Lipinski definition) is 0. The zero-order valence-electron chi connectivity index (χ0n) is 10.8. The minimum Gasteiger partial charge on any atom is -0.461 e. The van der Waals surface area contributed by atoms with Crippen molar-refractivity contribution in [2.75, 3.05) is 6.61 Å². The molecule has 0 aliphatic carbocycles. The molecule has 0 aliphatic rings. The normalized spacial score (nSPS) is 10.6. The first kappa shape index (κ1) is 15.2. The van der Waals surface area contributed by atoms with Crippen molar-refractivity contribution in [2.24, 2.45) is 0 Å². The monoisotopic (exact) mass is 405 g/mol. The SMILES string of the molecule is CCOC(=O)c1nnn(Cc2ccc(I)cc2)c1CCl. The van der Waals surface area contributed by atoms with Crippen LogP contribution in [-0.4, -0.2) is 27.6 Å². The number of hydrogen-bond acceptors (Lipinski definition) is 4. The number of carbonyl (C=O) groups excluding carboxylic acids is 1. The van der Waals surface area contributed by atoms with Crippen molar-refractivity contribution in [3.05, 3.63) is 44.8 Å². The number of halogens is 2. The lowest BCUT2D eigenvalue weighted by Crippen LogP contribution is -2.10. The Bertz CT molecular complexity index is 598. The summed E-state index contributed by atoms with van der Waals surface area (Å²) in [6, 6.07) is 8.04. The Morgan fingerprint density at radius 1 is 1.40 bits per heavy atom. The molecule has 5 nitrogen and oxygen atoms in total. The number of alkyl halides is 1. The lowest BCUT2D eigenvalue weighted by atomic mass is 10.2. The maximum atomic E-state index is 11.7. The van der Waals surface area contributed by atoms with E-state index in [4.69, 9.17) is 16.3 Å². The van der Waals surface area contributed by atoms with Crippen LogP contribution in [0.25, 0.3) is 0 Å². The molecular formula is C13H13ClIN3O2. The molecule has 0 radical (unpaired) electrons. The van der Waals surface area contributed by atoms with Crippen LogP contribution >= 0.6 is 34.2 Å². The third-order valence-corrected chi connectivity index (χ3v) is 3.65. The molecule has 0 spiro atoms. The number of aromatic nitrogens is 3. The molecule has 2 rings (SSSR count). The summed E-state index contributed by atoms with van der Waals surface area (Å²) < 4.78 is 7.72. The van der Waals surface area contributed by atoms with Crippen molar-refractivity contribution in [1.82, 2.24) is 15.0 Å². The molecule has 2 aromatic rings. The molecule has 0 N–H and O–H groups in total. The van der Waals surface area contributed by atoms with Crippen LogP contribution in [0.2, 0.25) is 0 Å². The van der Waals surface area contributed by atoms with Gasteiger partial charge in [0.25, 0.3) is 0 Å². The van der Waals surface area contributed by atoms with Crippen molar-refractivity contribution >= 4 is 40.2 Å². The topological polar surface area (TPSA) is 57.0 Å². The number of benzene rings is 1. The van der Waals surface area contributed by atoms with Gasteiger partial charge in [0.2, 0.25) is 0 Å². The molecule has 0 unspecified atom stereocenters. The molecule has 1 aromatic carbocycles. The first-order valence-electron chi connectivity index (χ1n) is 6.05. The second-order valence-electron chi connectivity index (χ2n) is 4.02. The standard InChI is InChI=1S/C13H13ClIN3O2/c1-2-20-13(19)12-11(7-14)18(17-16-12)8-9-3-5-10(15)6-4-9/h3-6H,2,7-8H2,1H3. The molecule has 0 saturated carbocycles. The molecule has 0 saturated heterocycles. The van der Waals surface area contributed by atoms with E-state index in [9.17, 15) is 4.79 Å². The van der Waals surface area contributed by atoms with E-state index in [1.54, 1.807) is 11.6 Å². The quantitative estimate of drug-likeness (QED) is 0.436. The average Bonchev–Trinajstić information content (AvgIpc) is 2.84. The Kier molecular flexibility index (Phi) is 5.36. The fourth-order valence-electron chi connectivity index (χ4n) is 1.71. The van der Waals surface area contributed by atoms with Crippen LogP contribution in [-0.2, 0) is 17.2 Å². The Balaban J connectivity index is 2.24. The second kappa shape index (κ2) is 7.03. The number of ether oxygens (including phenoxy) is 1. The molecule has 0 fully saturated rings. The van der Waals surface area contributed by atoms with Crippen LogP contribution in [0.5, 0.6) is 0 Å². The van der Waals surface area contributed by atoms with Gasteiger partial charge >= 0.3 is 5.97 Å². The van der Waals surface area contributed by atoms with Crippen molar-refractivity contribution < 1.29 is 9.53 Å². The van der Waals surface area contributed by atoms with E-state index in [0.29, 0.717) is 18.8 Å². The number of nitrogens with zero attached hydrogens (tertiary/aromatic N) is 3. The summed E-state index contributed by atoms with van der Waals surface area (Å²) in [5, 5.41) is 7.86. The molecular weight excluding hydrogens is 393 g/mol. The zero-order valence-corrected chi connectivity index (χ0v) is 13.8. The number of carbonyl (C=O) groups is 1. The summed E-state index contributed by atoms with van der Waals surface area (Å²) in [6.07, 6.45) is 0. The Morgan fingerprint density at radius 2 is 2.10 bits per heavy atom. The minimum absolute atomic E-state index is 0.158. The van der Waals surface area contributed by atoms with Gasteiger partial charge in [0, 0.05) is 3.57 Å². The van der Waals surface area contributed by atoms with Crippen LogP contribution < -0.4 is 0 Å². The molecule has 106 valence electrons.